The van der Waals surface area contributed by atoms with Crippen LogP contribution in [0.2, 0.25) is 0 Å². The van der Waals surface area contributed by atoms with E-state index in [1.807, 2.05) is 0 Å². The number of pyridine rings is 1. The van der Waals surface area contributed by atoms with Gasteiger partial charge in [-0.25, -0.2) is 0 Å². The number of hydrogen-bond donors (Lipinski definition) is 1. The monoisotopic (exact) mass is 270 g/mol. The number of rotatable bonds is 6. The van der Waals surface area contributed by atoms with Gasteiger partial charge in [0.05, 0.1) is 5.52 Å². The van der Waals surface area contributed by atoms with E-state index in [1.165, 1.54) is 34.1 Å². The first-order chi connectivity index (χ1) is 9.67. The number of nitrogens with zero attached hydrogens (tertiary/aromatic N) is 1. The zero-order valence-electron chi connectivity index (χ0n) is 13.2. The molecule has 0 saturated heterocycles. The molecule has 1 N–H and O–H groups in total. The molecule has 0 fully saturated rings. The highest BCUT2D eigenvalue weighted by atomic mass is 14.8. The quantitative estimate of drug-likeness (QED) is 0.786. The van der Waals surface area contributed by atoms with E-state index >= 15 is 0 Å². The zero-order chi connectivity index (χ0) is 14.5. The fourth-order valence-electron chi connectivity index (χ4n) is 2.53. The minimum atomic E-state index is 0.467. The standard InChI is InChI=1S/C18H26N2/c1-5-10-19-12-15-11-17(13(3)4)20-18-14(6-2)8-7-9-16(15)18/h7-9,11,13,19H,5-6,10,12H2,1-4H3. The number of nitrogens with one attached hydrogen (secondary N) is 1. The lowest BCUT2D eigenvalue weighted by atomic mass is 9.99. The Morgan fingerprint density at radius 2 is 1.95 bits per heavy atom. The first-order valence-electron chi connectivity index (χ1n) is 7.79. The van der Waals surface area contributed by atoms with Crippen LogP contribution in [0.15, 0.2) is 24.3 Å². The van der Waals surface area contributed by atoms with Crippen molar-refractivity contribution in [2.45, 2.75) is 53.0 Å². The number of fused-ring (bicyclic) bond motifs is 1. The lowest BCUT2D eigenvalue weighted by molar-refractivity contribution is 0.676. The summed E-state index contributed by atoms with van der Waals surface area (Å²) >= 11 is 0. The third-order valence-corrected chi connectivity index (χ3v) is 3.74. The summed E-state index contributed by atoms with van der Waals surface area (Å²) in [6.45, 7) is 10.8. The van der Waals surface area contributed by atoms with Crippen LogP contribution in [-0.2, 0) is 13.0 Å². The highest BCUT2D eigenvalue weighted by Crippen LogP contribution is 2.25. The Bertz CT molecular complexity index is 573. The summed E-state index contributed by atoms with van der Waals surface area (Å²) in [6, 6.07) is 8.83. The third-order valence-electron chi connectivity index (χ3n) is 3.74. The maximum atomic E-state index is 4.91. The van der Waals surface area contributed by atoms with Gasteiger partial charge in [-0.15, -0.1) is 0 Å². The Hall–Kier alpha value is -1.41. The number of aryl methyl sites for hydroxylation is 1. The molecule has 0 saturated carbocycles. The molecule has 2 aromatic rings. The summed E-state index contributed by atoms with van der Waals surface area (Å²) in [5.41, 5.74) is 5.12. The second-order valence-corrected chi connectivity index (χ2v) is 5.70. The molecule has 0 spiro atoms. The summed E-state index contributed by atoms with van der Waals surface area (Å²) in [5, 5.41) is 4.82. The molecule has 0 bridgehead atoms. The average molecular weight is 270 g/mol. The van der Waals surface area contributed by atoms with Crippen LogP contribution >= 0.6 is 0 Å². The summed E-state index contributed by atoms with van der Waals surface area (Å²) in [7, 11) is 0. The molecule has 2 heteroatoms. The van der Waals surface area contributed by atoms with Crippen molar-refractivity contribution in [2.24, 2.45) is 0 Å². The molecule has 0 aliphatic rings. The highest BCUT2D eigenvalue weighted by Gasteiger charge is 2.10. The predicted molar refractivity (Wildman–Crippen MR) is 87.2 cm³/mol. The van der Waals surface area contributed by atoms with Gasteiger partial charge < -0.3 is 5.32 Å². The van der Waals surface area contributed by atoms with Gasteiger partial charge >= 0.3 is 0 Å². The molecular weight excluding hydrogens is 244 g/mol. The van der Waals surface area contributed by atoms with E-state index < -0.39 is 0 Å². The van der Waals surface area contributed by atoms with E-state index in [2.05, 4.69) is 57.3 Å². The van der Waals surface area contributed by atoms with Crippen LogP contribution in [0.1, 0.15) is 56.9 Å². The first kappa shape index (κ1) is 15.0. The summed E-state index contributed by atoms with van der Waals surface area (Å²) in [5.74, 6) is 0.467. The first-order valence-corrected chi connectivity index (χ1v) is 7.79. The molecule has 0 amide bonds. The second-order valence-electron chi connectivity index (χ2n) is 5.70. The van der Waals surface area contributed by atoms with Crippen molar-refractivity contribution in [2.75, 3.05) is 6.54 Å². The van der Waals surface area contributed by atoms with Gasteiger partial charge in [0.25, 0.3) is 0 Å². The molecule has 1 heterocycles. The van der Waals surface area contributed by atoms with Crippen LogP contribution in [0, 0.1) is 0 Å². The Labute approximate surface area is 122 Å². The van der Waals surface area contributed by atoms with Gasteiger partial charge in [-0.1, -0.05) is 45.9 Å². The van der Waals surface area contributed by atoms with Crippen molar-refractivity contribution in [3.63, 3.8) is 0 Å². The Kier molecular flexibility index (Phi) is 5.13. The largest absolute Gasteiger partial charge is 0.313 e. The summed E-state index contributed by atoms with van der Waals surface area (Å²) in [6.07, 6.45) is 2.20. The number of para-hydroxylation sites is 1. The predicted octanol–water partition coefficient (Wildman–Crippen LogP) is 4.42. The molecule has 2 rings (SSSR count). The Balaban J connectivity index is 2.52. The lowest BCUT2D eigenvalue weighted by Crippen LogP contribution is -2.15. The van der Waals surface area contributed by atoms with E-state index in [9.17, 15) is 0 Å². The molecular formula is C18H26N2. The molecule has 0 unspecified atom stereocenters. The minimum absolute atomic E-state index is 0.467. The lowest BCUT2D eigenvalue weighted by Gasteiger charge is -2.14. The molecule has 1 aromatic carbocycles. The zero-order valence-corrected chi connectivity index (χ0v) is 13.2. The van der Waals surface area contributed by atoms with Gasteiger partial charge in [0.15, 0.2) is 0 Å². The second kappa shape index (κ2) is 6.85. The molecule has 108 valence electrons. The Morgan fingerprint density at radius 1 is 1.15 bits per heavy atom. The van der Waals surface area contributed by atoms with Crippen LogP contribution in [0.5, 0.6) is 0 Å². The van der Waals surface area contributed by atoms with Crippen molar-refractivity contribution in [3.8, 4) is 0 Å². The van der Waals surface area contributed by atoms with E-state index in [4.69, 9.17) is 4.98 Å². The molecule has 1 aromatic heterocycles. The molecule has 0 aliphatic carbocycles. The fraction of sp³-hybridized carbons (Fsp3) is 0.500. The van der Waals surface area contributed by atoms with Crippen LogP contribution in [-0.4, -0.2) is 11.5 Å². The third kappa shape index (κ3) is 3.18. The van der Waals surface area contributed by atoms with Crippen LogP contribution in [0.25, 0.3) is 10.9 Å². The van der Waals surface area contributed by atoms with Crippen molar-refractivity contribution in [1.82, 2.24) is 10.3 Å². The molecule has 0 aliphatic heterocycles. The van der Waals surface area contributed by atoms with Crippen molar-refractivity contribution >= 4 is 10.9 Å². The molecule has 2 nitrogen and oxygen atoms in total. The smallest absolute Gasteiger partial charge is 0.0740 e. The van der Waals surface area contributed by atoms with Crippen LogP contribution in [0.4, 0.5) is 0 Å². The van der Waals surface area contributed by atoms with Crippen LogP contribution in [0.3, 0.4) is 0 Å². The van der Waals surface area contributed by atoms with E-state index in [1.54, 1.807) is 0 Å². The van der Waals surface area contributed by atoms with Gasteiger partial charge in [-0.05, 0) is 42.5 Å². The van der Waals surface area contributed by atoms with E-state index in [0.717, 1.165) is 19.5 Å². The molecule has 0 radical (unpaired) electrons. The topological polar surface area (TPSA) is 24.9 Å². The molecule has 0 atom stereocenters. The van der Waals surface area contributed by atoms with Gasteiger partial charge in [0.2, 0.25) is 0 Å². The normalized spacial score (nSPS) is 11.4. The number of aromatic nitrogens is 1. The van der Waals surface area contributed by atoms with Crippen LogP contribution < -0.4 is 5.32 Å². The van der Waals surface area contributed by atoms with Crippen molar-refractivity contribution < 1.29 is 0 Å². The maximum absolute atomic E-state index is 4.91. The van der Waals surface area contributed by atoms with E-state index in [0.29, 0.717) is 5.92 Å². The maximum Gasteiger partial charge on any atom is 0.0740 e. The van der Waals surface area contributed by atoms with Gasteiger partial charge in [-0.3, -0.25) is 4.98 Å². The van der Waals surface area contributed by atoms with Gasteiger partial charge in [0, 0.05) is 17.6 Å². The van der Waals surface area contributed by atoms with E-state index in [-0.39, 0.29) is 0 Å². The summed E-state index contributed by atoms with van der Waals surface area (Å²) < 4.78 is 0. The Morgan fingerprint density at radius 3 is 2.60 bits per heavy atom. The number of benzene rings is 1. The van der Waals surface area contributed by atoms with Gasteiger partial charge in [0.1, 0.15) is 0 Å². The fourth-order valence-corrected chi connectivity index (χ4v) is 2.53. The highest BCUT2D eigenvalue weighted by molar-refractivity contribution is 5.85. The van der Waals surface area contributed by atoms with Gasteiger partial charge in [-0.2, -0.15) is 0 Å². The number of hydrogen-bond acceptors (Lipinski definition) is 2. The van der Waals surface area contributed by atoms with Crippen molar-refractivity contribution in [3.05, 3.63) is 41.1 Å². The van der Waals surface area contributed by atoms with Crippen molar-refractivity contribution in [1.29, 1.82) is 0 Å². The minimum Gasteiger partial charge on any atom is -0.313 e. The SMILES string of the molecule is CCCNCc1cc(C(C)C)nc2c(CC)cccc12. The average Bonchev–Trinajstić information content (AvgIpc) is 2.46. The molecule has 20 heavy (non-hydrogen) atoms. The summed E-state index contributed by atoms with van der Waals surface area (Å²) in [4.78, 5) is 4.91.